The summed E-state index contributed by atoms with van der Waals surface area (Å²) in [6.07, 6.45) is 0.641. The fraction of sp³-hybridized carbons (Fsp3) is 0.900. The summed E-state index contributed by atoms with van der Waals surface area (Å²) < 4.78 is 5.19. The highest BCUT2D eigenvalue weighted by atomic mass is 16.6. The van der Waals surface area contributed by atoms with E-state index in [-0.39, 0.29) is 17.3 Å². The number of nitrogens with two attached hydrogens (primary N) is 1. The van der Waals surface area contributed by atoms with Crippen LogP contribution in [0.1, 0.15) is 13.3 Å². The van der Waals surface area contributed by atoms with Gasteiger partial charge in [0.1, 0.15) is 0 Å². The monoisotopic (exact) mass is 211 g/mol. The van der Waals surface area contributed by atoms with Crippen molar-refractivity contribution < 1.29 is 9.53 Å². The van der Waals surface area contributed by atoms with Gasteiger partial charge >= 0.3 is 6.09 Å². The van der Waals surface area contributed by atoms with Crippen LogP contribution >= 0.6 is 0 Å². The number of ether oxygens (including phenoxy) is 1. The van der Waals surface area contributed by atoms with Crippen molar-refractivity contribution in [2.45, 2.75) is 24.5 Å². The van der Waals surface area contributed by atoms with Gasteiger partial charge in [0.25, 0.3) is 0 Å². The summed E-state index contributed by atoms with van der Waals surface area (Å²) in [6.45, 7) is 4.24. The molecule has 0 aliphatic carbocycles. The number of rotatable bonds is 0. The molecule has 0 saturated carbocycles. The van der Waals surface area contributed by atoms with Crippen molar-refractivity contribution in [1.29, 1.82) is 0 Å². The molecule has 5 nitrogen and oxygen atoms in total. The van der Waals surface area contributed by atoms with Crippen molar-refractivity contribution >= 4 is 6.09 Å². The average Bonchev–Trinajstić information content (AvgIpc) is 2.56. The molecule has 0 radical (unpaired) electrons. The molecular weight excluding hydrogens is 194 g/mol. The van der Waals surface area contributed by atoms with Crippen molar-refractivity contribution in [1.82, 2.24) is 9.80 Å². The Kier molecular flexibility index (Phi) is 1.55. The second-order valence-electron chi connectivity index (χ2n) is 5.13. The number of hydrogen-bond acceptors (Lipinski definition) is 4. The van der Waals surface area contributed by atoms with Gasteiger partial charge in [-0.1, -0.05) is 0 Å². The zero-order valence-electron chi connectivity index (χ0n) is 9.19. The first-order chi connectivity index (χ1) is 7.00. The van der Waals surface area contributed by atoms with Crippen molar-refractivity contribution in [3.05, 3.63) is 0 Å². The molecule has 3 atom stereocenters. The Hall–Kier alpha value is -0.810. The molecule has 84 valence electrons. The zero-order chi connectivity index (χ0) is 10.8. The van der Waals surface area contributed by atoms with E-state index in [9.17, 15) is 4.79 Å². The molecule has 5 heteroatoms. The van der Waals surface area contributed by atoms with Gasteiger partial charge in [0.15, 0.2) is 0 Å². The van der Waals surface area contributed by atoms with Crippen LogP contribution in [0.4, 0.5) is 4.79 Å². The van der Waals surface area contributed by atoms with Gasteiger partial charge in [0.05, 0.1) is 17.8 Å². The lowest BCUT2D eigenvalue weighted by molar-refractivity contribution is -0.0211. The number of hydrogen-bond donors (Lipinski definition) is 1. The summed E-state index contributed by atoms with van der Waals surface area (Å²) >= 11 is 0. The largest absolute Gasteiger partial charge is 0.449 e. The second-order valence-corrected chi connectivity index (χ2v) is 5.13. The third kappa shape index (κ3) is 0.809. The minimum Gasteiger partial charge on any atom is -0.449 e. The zero-order valence-corrected chi connectivity index (χ0v) is 9.19. The molecule has 0 aromatic heterocycles. The predicted molar refractivity (Wildman–Crippen MR) is 54.1 cm³/mol. The summed E-state index contributed by atoms with van der Waals surface area (Å²) in [5.41, 5.74) is 5.87. The minimum atomic E-state index is -0.364. The summed E-state index contributed by atoms with van der Waals surface area (Å²) in [5.74, 6) is 0.340. The Bertz CT molecular complexity index is 335. The minimum absolute atomic E-state index is 0.198. The molecule has 0 bridgehead atoms. The molecule has 3 unspecified atom stereocenters. The van der Waals surface area contributed by atoms with Crippen LogP contribution in [0.3, 0.4) is 0 Å². The molecule has 3 rings (SSSR count). The van der Waals surface area contributed by atoms with Gasteiger partial charge in [-0.2, -0.15) is 0 Å². The van der Waals surface area contributed by atoms with E-state index in [1.54, 1.807) is 0 Å². The predicted octanol–water partition coefficient (Wildman–Crippen LogP) is -0.182. The van der Waals surface area contributed by atoms with Crippen LogP contribution in [0.5, 0.6) is 0 Å². The van der Waals surface area contributed by atoms with Gasteiger partial charge in [-0.15, -0.1) is 0 Å². The molecule has 3 saturated heterocycles. The maximum atomic E-state index is 11.7. The van der Waals surface area contributed by atoms with Crippen LogP contribution < -0.4 is 5.73 Å². The average molecular weight is 211 g/mol. The highest BCUT2D eigenvalue weighted by molar-refractivity contribution is 5.71. The first-order valence-corrected chi connectivity index (χ1v) is 5.44. The molecule has 3 heterocycles. The Labute approximate surface area is 89.1 Å². The van der Waals surface area contributed by atoms with E-state index in [0.717, 1.165) is 13.0 Å². The lowest BCUT2D eigenvalue weighted by Gasteiger charge is -2.46. The smallest absolute Gasteiger partial charge is 0.410 e. The number of cyclic esters (lactones) is 1. The van der Waals surface area contributed by atoms with Crippen LogP contribution in [0.15, 0.2) is 0 Å². The Balaban J connectivity index is 2.11. The van der Waals surface area contributed by atoms with Crippen molar-refractivity contribution in [2.24, 2.45) is 11.7 Å². The van der Waals surface area contributed by atoms with E-state index in [1.807, 2.05) is 11.9 Å². The number of carbonyl (C=O) groups is 1. The van der Waals surface area contributed by atoms with E-state index < -0.39 is 0 Å². The van der Waals surface area contributed by atoms with Crippen LogP contribution in [0.25, 0.3) is 0 Å². The van der Waals surface area contributed by atoms with Crippen molar-refractivity contribution in [2.75, 3.05) is 26.7 Å². The normalized spacial score (nSPS) is 49.4. The van der Waals surface area contributed by atoms with E-state index in [4.69, 9.17) is 10.5 Å². The third-order valence-corrected chi connectivity index (χ3v) is 4.75. The summed E-state index contributed by atoms with van der Waals surface area (Å²) in [4.78, 5) is 15.7. The van der Waals surface area contributed by atoms with Crippen LogP contribution in [-0.4, -0.2) is 53.8 Å². The lowest BCUT2D eigenvalue weighted by Crippen LogP contribution is -2.67. The summed E-state index contributed by atoms with van der Waals surface area (Å²) in [6, 6.07) is 0. The quantitative estimate of drug-likeness (QED) is 0.603. The lowest BCUT2D eigenvalue weighted by atomic mass is 9.80. The van der Waals surface area contributed by atoms with Crippen LogP contribution in [0.2, 0.25) is 0 Å². The van der Waals surface area contributed by atoms with Crippen LogP contribution in [-0.2, 0) is 4.74 Å². The van der Waals surface area contributed by atoms with E-state index >= 15 is 0 Å². The third-order valence-electron chi connectivity index (χ3n) is 4.75. The number of likely N-dealkylation sites (tertiary alicyclic amines) is 1. The Morgan fingerprint density at radius 2 is 2.33 bits per heavy atom. The van der Waals surface area contributed by atoms with Gasteiger partial charge in [0.2, 0.25) is 0 Å². The van der Waals surface area contributed by atoms with Gasteiger partial charge in [-0.05, 0) is 20.4 Å². The highest BCUT2D eigenvalue weighted by Gasteiger charge is 2.68. The highest BCUT2D eigenvalue weighted by Crippen LogP contribution is 2.50. The maximum absolute atomic E-state index is 11.7. The second kappa shape index (κ2) is 2.47. The molecule has 2 N–H and O–H groups in total. The summed E-state index contributed by atoms with van der Waals surface area (Å²) in [5, 5.41) is 0. The molecular formula is C10H17N3O2. The van der Waals surface area contributed by atoms with Gasteiger partial charge in [-0.25, -0.2) is 4.79 Å². The van der Waals surface area contributed by atoms with Gasteiger partial charge in [-0.3, -0.25) is 9.80 Å². The summed E-state index contributed by atoms with van der Waals surface area (Å²) in [7, 11) is 2.04. The Morgan fingerprint density at radius 3 is 3.07 bits per heavy atom. The van der Waals surface area contributed by atoms with Gasteiger partial charge < -0.3 is 10.5 Å². The fourth-order valence-electron chi connectivity index (χ4n) is 3.57. The van der Waals surface area contributed by atoms with Crippen LogP contribution in [0, 0.1) is 5.92 Å². The fourth-order valence-corrected chi connectivity index (χ4v) is 3.57. The van der Waals surface area contributed by atoms with E-state index in [1.165, 1.54) is 0 Å². The first kappa shape index (κ1) is 9.42. The molecule has 0 spiro atoms. The van der Waals surface area contributed by atoms with Gasteiger partial charge in [0, 0.05) is 19.0 Å². The molecule has 3 fully saturated rings. The molecule has 1 amide bonds. The number of nitrogens with zero attached hydrogens (tertiary/aromatic N) is 2. The molecule has 3 aliphatic heterocycles. The topological polar surface area (TPSA) is 58.8 Å². The molecule has 15 heavy (non-hydrogen) atoms. The van der Waals surface area contributed by atoms with Crippen molar-refractivity contribution in [3.8, 4) is 0 Å². The number of amides is 1. The number of carbonyl (C=O) groups excluding carboxylic acids is 1. The van der Waals surface area contributed by atoms with Crippen molar-refractivity contribution in [3.63, 3.8) is 0 Å². The standard InChI is InChI=1S/C10H17N3O2/c1-9-7-5-12(2)10(9,11)3-4-13(9)8(14)15-6-7/h7H,3-6,11H2,1-2H3. The van der Waals surface area contributed by atoms with E-state index in [2.05, 4.69) is 11.8 Å². The van der Waals surface area contributed by atoms with E-state index in [0.29, 0.717) is 19.1 Å². The molecule has 3 aliphatic rings. The first-order valence-electron chi connectivity index (χ1n) is 5.44. The Morgan fingerprint density at radius 1 is 1.60 bits per heavy atom. The maximum Gasteiger partial charge on any atom is 0.410 e. The molecule has 0 aromatic carbocycles. The number of likely N-dealkylation sites (N-methyl/N-ethyl adjacent to an activating group) is 1. The molecule has 0 aromatic rings. The SMILES string of the molecule is CN1CC2COC(=O)N3CCC1(N)C23C.